The number of carbonyl (C=O) groups is 1. The quantitative estimate of drug-likeness (QED) is 0.381. The molecule has 2 N–H and O–H groups in total. The number of aliphatic imine (C=N–C) groups is 1. The van der Waals surface area contributed by atoms with Crippen molar-refractivity contribution < 1.29 is 9.90 Å². The van der Waals surface area contributed by atoms with Crippen molar-refractivity contribution in [2.24, 2.45) is 4.99 Å². The summed E-state index contributed by atoms with van der Waals surface area (Å²) in [6.45, 7) is 5.87. The summed E-state index contributed by atoms with van der Waals surface area (Å²) in [7, 11) is 3.61. The maximum atomic E-state index is 11.6. The van der Waals surface area contributed by atoms with Crippen molar-refractivity contribution in [2.45, 2.75) is 19.8 Å². The number of thiazole rings is 1. The number of likely N-dealkylation sites (N-methyl/N-ethyl adjacent to an activating group) is 1. The van der Waals surface area contributed by atoms with Gasteiger partial charge in [0.2, 0.25) is 5.91 Å². The van der Waals surface area contributed by atoms with Gasteiger partial charge < -0.3 is 15.3 Å². The minimum atomic E-state index is -0.150. The molecule has 0 bridgehead atoms. The highest BCUT2D eigenvalue weighted by molar-refractivity contribution is 7.19. The lowest BCUT2D eigenvalue weighted by Crippen LogP contribution is -2.22. The Kier molecular flexibility index (Phi) is 6.99. The first-order valence-electron chi connectivity index (χ1n) is 10.9. The van der Waals surface area contributed by atoms with Gasteiger partial charge in [-0.3, -0.25) is 9.79 Å². The fraction of sp³-hybridized carbons (Fsp3) is 0.292. The van der Waals surface area contributed by atoms with Gasteiger partial charge in [-0.2, -0.15) is 5.10 Å². The first-order chi connectivity index (χ1) is 16.5. The monoisotopic (exact) mass is 477 g/mol. The zero-order valence-electron chi connectivity index (χ0n) is 19.4. The summed E-state index contributed by atoms with van der Waals surface area (Å²) < 4.78 is 1.89. The number of anilines is 2. The van der Waals surface area contributed by atoms with Gasteiger partial charge in [0.25, 0.3) is 0 Å². The molecular weight excluding hydrogens is 450 g/mol. The van der Waals surface area contributed by atoms with Crippen molar-refractivity contribution in [3.8, 4) is 16.3 Å². The molecule has 0 atom stereocenters. The van der Waals surface area contributed by atoms with Gasteiger partial charge >= 0.3 is 0 Å². The van der Waals surface area contributed by atoms with E-state index in [2.05, 4.69) is 26.9 Å². The summed E-state index contributed by atoms with van der Waals surface area (Å²) in [5.74, 6) is 0.610. The number of rotatable bonds is 8. The maximum Gasteiger partial charge on any atom is 0.223 e. The van der Waals surface area contributed by atoms with Crippen molar-refractivity contribution in [3.05, 3.63) is 54.0 Å². The minimum Gasteiger partial charge on any atom is -0.395 e. The van der Waals surface area contributed by atoms with E-state index in [1.54, 1.807) is 25.5 Å². The topological polar surface area (TPSA) is 109 Å². The van der Waals surface area contributed by atoms with Gasteiger partial charge in [0.05, 0.1) is 40.5 Å². The minimum absolute atomic E-state index is 0.0537. The Bertz CT molecular complexity index is 1270. The third-order valence-electron chi connectivity index (χ3n) is 5.43. The number of nitrogens with zero attached hydrogens (tertiary/aromatic N) is 6. The van der Waals surface area contributed by atoms with E-state index in [4.69, 9.17) is 5.10 Å². The van der Waals surface area contributed by atoms with Crippen LogP contribution in [-0.4, -0.2) is 64.2 Å². The maximum absolute atomic E-state index is 11.6. The van der Waals surface area contributed by atoms with Crippen LogP contribution >= 0.6 is 11.3 Å². The lowest BCUT2D eigenvalue weighted by molar-refractivity contribution is -0.114. The predicted octanol–water partition coefficient (Wildman–Crippen LogP) is 3.15. The van der Waals surface area contributed by atoms with E-state index in [1.165, 1.54) is 18.3 Å². The summed E-state index contributed by atoms with van der Waals surface area (Å²) in [6.07, 6.45) is 8.70. The first-order valence-corrected chi connectivity index (χ1v) is 11.7. The Balaban J connectivity index is 1.88. The van der Waals surface area contributed by atoms with E-state index < -0.39 is 0 Å². The van der Waals surface area contributed by atoms with E-state index in [1.807, 2.05) is 34.8 Å². The number of aryl methyl sites for hydroxylation is 1. The molecule has 4 rings (SSSR count). The first kappa shape index (κ1) is 23.5. The molecule has 0 spiro atoms. The molecule has 3 heterocycles. The van der Waals surface area contributed by atoms with Crippen LogP contribution in [0.3, 0.4) is 0 Å². The standard InChI is InChI=1S/C24H27N7O2S/c1-5-6-16(13-25-3)21-18-8-9-19-23(34-24(28-19)27-15(2)33)22(18)31(29-21)17-7-10-20(26-14-17)30(4)11-12-32/h5-7,10,13-14,32H,1,8-9,11-12H2,2-4H3,(H,27,28,33)/b16-6+,25-13?. The molecule has 0 aliphatic heterocycles. The Morgan fingerprint density at radius 3 is 2.88 bits per heavy atom. The largest absolute Gasteiger partial charge is 0.395 e. The van der Waals surface area contributed by atoms with Crippen LogP contribution in [0.25, 0.3) is 21.8 Å². The normalized spacial score (nSPS) is 13.0. The van der Waals surface area contributed by atoms with Crippen LogP contribution in [0.15, 0.2) is 42.1 Å². The van der Waals surface area contributed by atoms with Crippen molar-refractivity contribution in [3.63, 3.8) is 0 Å². The van der Waals surface area contributed by atoms with Crippen molar-refractivity contribution in [1.29, 1.82) is 0 Å². The lowest BCUT2D eigenvalue weighted by Gasteiger charge is -2.17. The van der Waals surface area contributed by atoms with Crippen LogP contribution in [0.4, 0.5) is 10.9 Å². The molecule has 0 saturated carbocycles. The van der Waals surface area contributed by atoms with Crippen LogP contribution in [0.1, 0.15) is 23.9 Å². The SMILES string of the molecule is C=C/C=C(\C=NC)c1nn(-c2ccc(N(C)CCO)nc2)c2c1CCc1nc(NC(C)=O)sc1-2. The van der Waals surface area contributed by atoms with Crippen LogP contribution in [0.5, 0.6) is 0 Å². The Morgan fingerprint density at radius 1 is 1.41 bits per heavy atom. The van der Waals surface area contributed by atoms with Gasteiger partial charge in [-0.25, -0.2) is 14.6 Å². The Hall–Kier alpha value is -3.63. The van der Waals surface area contributed by atoms with Gasteiger partial charge in [0.1, 0.15) is 5.82 Å². The van der Waals surface area contributed by atoms with Crippen molar-refractivity contribution >= 4 is 40.0 Å². The number of fused-ring (bicyclic) bond motifs is 3. The second-order valence-corrected chi connectivity index (χ2v) is 8.83. The Labute approximate surface area is 202 Å². The van der Waals surface area contributed by atoms with Crippen LogP contribution in [0.2, 0.25) is 0 Å². The zero-order chi connectivity index (χ0) is 24.2. The number of carbonyl (C=O) groups excluding carboxylic acids is 1. The number of allylic oxidation sites excluding steroid dienone is 3. The number of nitrogens with one attached hydrogen (secondary N) is 1. The molecule has 1 aliphatic carbocycles. The van der Waals surface area contributed by atoms with Crippen LogP contribution < -0.4 is 10.2 Å². The molecule has 0 unspecified atom stereocenters. The van der Waals surface area contributed by atoms with Crippen LogP contribution in [-0.2, 0) is 17.6 Å². The number of aliphatic hydroxyl groups is 1. The smallest absolute Gasteiger partial charge is 0.223 e. The van der Waals surface area contributed by atoms with Gasteiger partial charge in [-0.1, -0.05) is 30.1 Å². The number of aromatic nitrogens is 4. The average Bonchev–Trinajstić information content (AvgIpc) is 3.39. The molecule has 1 aliphatic rings. The molecule has 0 fully saturated rings. The van der Waals surface area contributed by atoms with Crippen LogP contribution in [0, 0.1) is 0 Å². The molecule has 1 amide bonds. The summed E-state index contributed by atoms with van der Waals surface area (Å²) in [4.78, 5) is 27.9. The van der Waals surface area contributed by atoms with Gasteiger partial charge in [0.15, 0.2) is 5.13 Å². The lowest BCUT2D eigenvalue weighted by atomic mass is 9.95. The van der Waals surface area contributed by atoms with Crippen molar-refractivity contribution in [1.82, 2.24) is 19.7 Å². The number of hydrogen-bond acceptors (Lipinski definition) is 8. The van der Waals surface area contributed by atoms with E-state index >= 15 is 0 Å². The second kappa shape index (κ2) is 10.1. The molecular formula is C24H27N7O2S. The van der Waals surface area contributed by atoms with Gasteiger partial charge in [-0.15, -0.1) is 0 Å². The highest BCUT2D eigenvalue weighted by Gasteiger charge is 2.30. The fourth-order valence-electron chi connectivity index (χ4n) is 3.94. The molecule has 10 heteroatoms. The van der Waals surface area contributed by atoms with E-state index in [-0.39, 0.29) is 12.5 Å². The van der Waals surface area contributed by atoms with Gasteiger partial charge in [0, 0.05) is 44.9 Å². The molecule has 0 radical (unpaired) electrons. The molecule has 0 saturated heterocycles. The number of amides is 1. The average molecular weight is 478 g/mol. The summed E-state index contributed by atoms with van der Waals surface area (Å²) in [5.41, 5.74) is 5.50. The molecule has 3 aromatic rings. The highest BCUT2D eigenvalue weighted by atomic mass is 32.1. The fourth-order valence-corrected chi connectivity index (χ4v) is 5.05. The van der Waals surface area contributed by atoms with E-state index in [0.29, 0.717) is 11.7 Å². The van der Waals surface area contributed by atoms with Crippen molar-refractivity contribution in [2.75, 3.05) is 37.5 Å². The predicted molar refractivity (Wildman–Crippen MR) is 137 cm³/mol. The summed E-state index contributed by atoms with van der Waals surface area (Å²) in [6, 6.07) is 3.87. The van der Waals surface area contributed by atoms with E-state index in [0.717, 1.165) is 57.4 Å². The summed E-state index contributed by atoms with van der Waals surface area (Å²) >= 11 is 1.45. The molecule has 176 valence electrons. The third kappa shape index (κ3) is 4.55. The number of aliphatic hydroxyl groups excluding tert-OH is 1. The van der Waals surface area contributed by atoms with E-state index in [9.17, 15) is 9.90 Å². The second-order valence-electron chi connectivity index (χ2n) is 7.83. The van der Waals surface area contributed by atoms with Gasteiger partial charge in [-0.05, 0) is 25.0 Å². The number of hydrogen-bond donors (Lipinski definition) is 2. The zero-order valence-corrected chi connectivity index (χ0v) is 20.3. The highest BCUT2D eigenvalue weighted by Crippen LogP contribution is 2.43. The number of pyridine rings is 1. The third-order valence-corrected chi connectivity index (χ3v) is 6.45. The molecule has 3 aromatic heterocycles. The molecule has 9 nitrogen and oxygen atoms in total. The molecule has 0 aromatic carbocycles. The molecule has 34 heavy (non-hydrogen) atoms. The Morgan fingerprint density at radius 2 is 2.24 bits per heavy atom. The summed E-state index contributed by atoms with van der Waals surface area (Å²) in [5, 5.41) is 17.6.